The van der Waals surface area contributed by atoms with Gasteiger partial charge in [-0.15, -0.1) is 0 Å². The Labute approximate surface area is 215 Å². The van der Waals surface area contributed by atoms with Gasteiger partial charge in [-0.05, 0) is 56.5 Å². The molecule has 2 fully saturated rings. The standard InChI is InChI=1S/C30H39N5O/c1-23(2)34-18-16-33(17-19-34)15-12-31-30(36)20-24-10-13-35(14-11-24)27-8-5-7-25(21-27)29-22-26-6-3-4-9-28(26)32-29/h3-9,20-23,32H,10-19H2,1-2H3,(H,31,36). The molecule has 2 aliphatic heterocycles. The largest absolute Gasteiger partial charge is 0.371 e. The number of piperazine rings is 1. The lowest BCUT2D eigenvalue weighted by Gasteiger charge is -2.36. The monoisotopic (exact) mass is 485 g/mol. The molecular weight excluding hydrogens is 446 g/mol. The average molecular weight is 486 g/mol. The minimum Gasteiger partial charge on any atom is -0.371 e. The van der Waals surface area contributed by atoms with Gasteiger partial charge in [-0.3, -0.25) is 14.6 Å². The molecule has 5 rings (SSSR count). The molecule has 3 aromatic rings. The van der Waals surface area contributed by atoms with Gasteiger partial charge in [-0.2, -0.15) is 0 Å². The van der Waals surface area contributed by atoms with E-state index in [-0.39, 0.29) is 5.91 Å². The summed E-state index contributed by atoms with van der Waals surface area (Å²) in [6, 6.07) is 20.0. The molecule has 0 atom stereocenters. The molecule has 3 heterocycles. The van der Waals surface area contributed by atoms with E-state index in [0.29, 0.717) is 6.04 Å². The van der Waals surface area contributed by atoms with Crippen LogP contribution in [0, 0.1) is 0 Å². The number of carbonyl (C=O) groups is 1. The number of benzene rings is 2. The number of H-pyrrole nitrogens is 1. The van der Waals surface area contributed by atoms with E-state index in [9.17, 15) is 4.79 Å². The highest BCUT2D eigenvalue weighted by atomic mass is 16.1. The molecule has 2 saturated heterocycles. The third-order valence-corrected chi connectivity index (χ3v) is 7.66. The van der Waals surface area contributed by atoms with Crippen molar-refractivity contribution in [2.45, 2.75) is 32.7 Å². The van der Waals surface area contributed by atoms with Gasteiger partial charge in [0.2, 0.25) is 5.91 Å². The fraction of sp³-hybridized carbons (Fsp3) is 0.433. The zero-order valence-electron chi connectivity index (χ0n) is 21.7. The Morgan fingerprint density at radius 2 is 1.75 bits per heavy atom. The van der Waals surface area contributed by atoms with E-state index < -0.39 is 0 Å². The first-order valence-electron chi connectivity index (χ1n) is 13.4. The maximum atomic E-state index is 12.5. The molecule has 6 nitrogen and oxygen atoms in total. The lowest BCUT2D eigenvalue weighted by atomic mass is 10.0. The van der Waals surface area contributed by atoms with Gasteiger partial charge >= 0.3 is 0 Å². The highest BCUT2D eigenvalue weighted by Gasteiger charge is 2.19. The summed E-state index contributed by atoms with van der Waals surface area (Å²) >= 11 is 0. The van der Waals surface area contributed by atoms with E-state index >= 15 is 0 Å². The van der Waals surface area contributed by atoms with Crippen LogP contribution < -0.4 is 10.2 Å². The number of carbonyl (C=O) groups excluding carboxylic acids is 1. The summed E-state index contributed by atoms with van der Waals surface area (Å²) in [6.45, 7) is 12.5. The molecule has 0 spiro atoms. The highest BCUT2D eigenvalue weighted by molar-refractivity contribution is 5.88. The van der Waals surface area contributed by atoms with Gasteiger partial charge in [0.25, 0.3) is 0 Å². The molecule has 2 aliphatic rings. The number of hydrogen-bond donors (Lipinski definition) is 2. The van der Waals surface area contributed by atoms with E-state index in [0.717, 1.165) is 76.4 Å². The molecule has 36 heavy (non-hydrogen) atoms. The molecule has 0 radical (unpaired) electrons. The normalized spacial score (nSPS) is 17.6. The van der Waals surface area contributed by atoms with E-state index in [1.807, 2.05) is 6.08 Å². The van der Waals surface area contributed by atoms with Crippen molar-refractivity contribution >= 4 is 22.5 Å². The van der Waals surface area contributed by atoms with Crippen LogP contribution in [0.3, 0.4) is 0 Å². The second-order valence-corrected chi connectivity index (χ2v) is 10.4. The van der Waals surface area contributed by atoms with Crippen molar-refractivity contribution in [3.8, 4) is 11.3 Å². The number of aromatic nitrogens is 1. The van der Waals surface area contributed by atoms with Gasteiger partial charge in [-0.1, -0.05) is 35.9 Å². The van der Waals surface area contributed by atoms with Crippen LogP contribution in [0.2, 0.25) is 0 Å². The maximum Gasteiger partial charge on any atom is 0.243 e. The number of amides is 1. The fourth-order valence-electron chi connectivity index (χ4n) is 5.37. The smallest absolute Gasteiger partial charge is 0.243 e. The van der Waals surface area contributed by atoms with E-state index in [2.05, 4.69) is 93.4 Å². The molecule has 1 aromatic heterocycles. The zero-order valence-corrected chi connectivity index (χ0v) is 21.7. The Bertz CT molecular complexity index is 1160. The summed E-state index contributed by atoms with van der Waals surface area (Å²) in [7, 11) is 0. The Morgan fingerprint density at radius 3 is 2.50 bits per heavy atom. The molecule has 0 unspecified atom stereocenters. The summed E-state index contributed by atoms with van der Waals surface area (Å²) in [5, 5.41) is 4.34. The van der Waals surface area contributed by atoms with Gasteiger partial charge in [0, 0.05) is 86.8 Å². The average Bonchev–Trinajstić information content (AvgIpc) is 3.34. The number of piperidine rings is 1. The van der Waals surface area contributed by atoms with Gasteiger partial charge in [-0.25, -0.2) is 0 Å². The van der Waals surface area contributed by atoms with Crippen LogP contribution in [0.4, 0.5) is 5.69 Å². The molecule has 0 bridgehead atoms. The topological polar surface area (TPSA) is 54.6 Å². The Balaban J connectivity index is 1.09. The molecule has 0 aliphatic carbocycles. The SMILES string of the molecule is CC(C)N1CCN(CCNC(=O)C=C2CCN(c3cccc(-c4cc5ccccc5[nH]4)c3)CC2)CC1. The summed E-state index contributed by atoms with van der Waals surface area (Å²) in [6.07, 6.45) is 3.71. The summed E-state index contributed by atoms with van der Waals surface area (Å²) in [5.74, 6) is 0.0556. The number of aromatic amines is 1. The van der Waals surface area contributed by atoms with Crippen molar-refractivity contribution in [3.63, 3.8) is 0 Å². The molecule has 2 aromatic carbocycles. The van der Waals surface area contributed by atoms with E-state index in [4.69, 9.17) is 0 Å². The molecule has 2 N–H and O–H groups in total. The van der Waals surface area contributed by atoms with Crippen molar-refractivity contribution < 1.29 is 4.79 Å². The first-order valence-corrected chi connectivity index (χ1v) is 13.4. The number of nitrogens with zero attached hydrogens (tertiary/aromatic N) is 3. The van der Waals surface area contributed by atoms with Crippen molar-refractivity contribution in [2.24, 2.45) is 0 Å². The van der Waals surface area contributed by atoms with Crippen LogP contribution >= 0.6 is 0 Å². The number of hydrogen-bond acceptors (Lipinski definition) is 4. The summed E-state index contributed by atoms with van der Waals surface area (Å²) in [5.41, 5.74) is 6.01. The van der Waals surface area contributed by atoms with Crippen LogP contribution in [0.25, 0.3) is 22.2 Å². The van der Waals surface area contributed by atoms with Gasteiger partial charge in [0.1, 0.15) is 0 Å². The predicted molar refractivity (Wildman–Crippen MR) is 149 cm³/mol. The van der Waals surface area contributed by atoms with Crippen molar-refractivity contribution in [1.29, 1.82) is 0 Å². The fourth-order valence-corrected chi connectivity index (χ4v) is 5.37. The Hall–Kier alpha value is -3.09. The van der Waals surface area contributed by atoms with E-state index in [1.165, 1.54) is 22.2 Å². The van der Waals surface area contributed by atoms with Gasteiger partial charge in [0.05, 0.1) is 0 Å². The van der Waals surface area contributed by atoms with Gasteiger partial charge < -0.3 is 15.2 Å². The van der Waals surface area contributed by atoms with Crippen LogP contribution in [0.1, 0.15) is 26.7 Å². The molecule has 6 heteroatoms. The van der Waals surface area contributed by atoms with Crippen molar-refractivity contribution in [3.05, 3.63) is 66.2 Å². The number of nitrogens with one attached hydrogen (secondary N) is 2. The minimum atomic E-state index is 0.0556. The molecular formula is C30H39N5O. The Morgan fingerprint density at radius 1 is 0.972 bits per heavy atom. The molecule has 0 saturated carbocycles. The highest BCUT2D eigenvalue weighted by Crippen LogP contribution is 2.29. The number of para-hydroxylation sites is 1. The first kappa shape index (κ1) is 24.6. The summed E-state index contributed by atoms with van der Waals surface area (Å²) < 4.78 is 0. The maximum absolute atomic E-state index is 12.5. The van der Waals surface area contributed by atoms with Gasteiger partial charge in [0.15, 0.2) is 0 Å². The predicted octanol–water partition coefficient (Wildman–Crippen LogP) is 4.50. The lowest BCUT2D eigenvalue weighted by molar-refractivity contribution is -0.116. The minimum absolute atomic E-state index is 0.0556. The Kier molecular flexibility index (Phi) is 7.73. The van der Waals surface area contributed by atoms with Crippen LogP contribution in [0.15, 0.2) is 66.2 Å². The number of rotatable bonds is 7. The molecule has 1 amide bonds. The van der Waals surface area contributed by atoms with Crippen molar-refractivity contribution in [2.75, 3.05) is 57.3 Å². The second-order valence-electron chi connectivity index (χ2n) is 10.4. The third kappa shape index (κ3) is 6.00. The number of fused-ring (bicyclic) bond motifs is 1. The first-order chi connectivity index (χ1) is 17.5. The molecule has 190 valence electrons. The lowest BCUT2D eigenvalue weighted by Crippen LogP contribution is -2.50. The van der Waals surface area contributed by atoms with Crippen LogP contribution in [-0.4, -0.2) is 79.1 Å². The second kappa shape index (κ2) is 11.3. The quantitative estimate of drug-likeness (QED) is 0.484. The van der Waals surface area contributed by atoms with Crippen LogP contribution in [0.5, 0.6) is 0 Å². The van der Waals surface area contributed by atoms with Crippen molar-refractivity contribution in [1.82, 2.24) is 20.1 Å². The summed E-state index contributed by atoms with van der Waals surface area (Å²) in [4.78, 5) is 23.4. The number of anilines is 1. The van der Waals surface area contributed by atoms with Crippen LogP contribution in [-0.2, 0) is 4.79 Å². The van der Waals surface area contributed by atoms with E-state index in [1.54, 1.807) is 0 Å². The zero-order chi connectivity index (χ0) is 24.9. The third-order valence-electron chi connectivity index (χ3n) is 7.66.